The predicted molar refractivity (Wildman–Crippen MR) is 109 cm³/mol. The Labute approximate surface area is 167 Å². The molecule has 1 unspecified atom stereocenters. The molecule has 29 heavy (non-hydrogen) atoms. The van der Waals surface area contributed by atoms with Crippen LogP contribution in [0.25, 0.3) is 5.76 Å². The van der Waals surface area contributed by atoms with Crippen LogP contribution in [0.15, 0.2) is 84.4 Å². The maximum atomic E-state index is 13.3. The lowest BCUT2D eigenvalue weighted by molar-refractivity contribution is -0.132. The first-order chi connectivity index (χ1) is 14.0. The molecule has 1 saturated heterocycles. The number of carbonyl (C=O) groups is 2. The summed E-state index contributed by atoms with van der Waals surface area (Å²) in [5.41, 5.74) is 2.52. The minimum atomic E-state index is -0.788. The molecule has 3 aromatic carbocycles. The molecule has 144 valence electrons. The SMILES string of the molecule is Cc1ccc(N2C(=O)C(=O)/C(=C(/O)c3ccc(F)cc3)C2c2ccccc2)cc1. The van der Waals surface area contributed by atoms with Crippen LogP contribution < -0.4 is 4.90 Å². The van der Waals surface area contributed by atoms with Gasteiger partial charge in [-0.25, -0.2) is 4.39 Å². The molecule has 0 radical (unpaired) electrons. The maximum Gasteiger partial charge on any atom is 0.300 e. The highest BCUT2D eigenvalue weighted by molar-refractivity contribution is 6.51. The van der Waals surface area contributed by atoms with Gasteiger partial charge in [-0.15, -0.1) is 0 Å². The van der Waals surface area contributed by atoms with Crippen LogP contribution in [-0.2, 0) is 9.59 Å². The normalized spacial score (nSPS) is 18.3. The minimum absolute atomic E-state index is 0.0200. The van der Waals surface area contributed by atoms with E-state index in [4.69, 9.17) is 0 Å². The van der Waals surface area contributed by atoms with Gasteiger partial charge in [0.05, 0.1) is 11.6 Å². The van der Waals surface area contributed by atoms with E-state index in [-0.39, 0.29) is 16.9 Å². The molecule has 0 spiro atoms. The number of aliphatic hydroxyl groups is 1. The van der Waals surface area contributed by atoms with Crippen molar-refractivity contribution in [2.24, 2.45) is 0 Å². The summed E-state index contributed by atoms with van der Waals surface area (Å²) >= 11 is 0. The van der Waals surface area contributed by atoms with Gasteiger partial charge in [-0.2, -0.15) is 0 Å². The average molecular weight is 387 g/mol. The molecule has 1 aliphatic rings. The molecular formula is C24H18FNO3. The Bertz CT molecular complexity index is 1100. The van der Waals surface area contributed by atoms with E-state index in [1.54, 1.807) is 24.3 Å². The zero-order valence-electron chi connectivity index (χ0n) is 15.7. The third-order valence-corrected chi connectivity index (χ3v) is 4.99. The van der Waals surface area contributed by atoms with Crippen molar-refractivity contribution in [1.29, 1.82) is 0 Å². The van der Waals surface area contributed by atoms with Crippen LogP contribution in [0.1, 0.15) is 22.7 Å². The Balaban J connectivity index is 1.93. The van der Waals surface area contributed by atoms with Crippen molar-refractivity contribution < 1.29 is 19.1 Å². The predicted octanol–water partition coefficient (Wildman–Crippen LogP) is 4.76. The fourth-order valence-corrected chi connectivity index (χ4v) is 3.52. The molecule has 0 bridgehead atoms. The summed E-state index contributed by atoms with van der Waals surface area (Å²) in [6, 6.07) is 20.7. The topological polar surface area (TPSA) is 57.6 Å². The van der Waals surface area contributed by atoms with E-state index in [0.29, 0.717) is 11.3 Å². The Hall–Kier alpha value is -3.73. The van der Waals surface area contributed by atoms with Gasteiger partial charge in [0.15, 0.2) is 0 Å². The van der Waals surface area contributed by atoms with E-state index in [1.807, 2.05) is 37.3 Å². The van der Waals surface area contributed by atoms with Gasteiger partial charge in [0.1, 0.15) is 11.6 Å². The number of amides is 1. The number of Topliss-reactive ketones (excluding diaryl/α,β-unsaturated/α-hetero) is 1. The number of rotatable bonds is 3. The molecule has 0 aliphatic carbocycles. The van der Waals surface area contributed by atoms with Gasteiger partial charge in [-0.05, 0) is 48.9 Å². The van der Waals surface area contributed by atoms with Crippen LogP contribution in [0, 0.1) is 12.7 Å². The second-order valence-corrected chi connectivity index (χ2v) is 6.92. The van der Waals surface area contributed by atoms with E-state index in [1.165, 1.54) is 29.2 Å². The Morgan fingerprint density at radius 3 is 2.14 bits per heavy atom. The van der Waals surface area contributed by atoms with E-state index < -0.39 is 23.5 Å². The molecule has 1 fully saturated rings. The van der Waals surface area contributed by atoms with Crippen LogP contribution in [0.3, 0.4) is 0 Å². The monoisotopic (exact) mass is 387 g/mol. The first-order valence-electron chi connectivity index (χ1n) is 9.16. The number of anilines is 1. The van der Waals surface area contributed by atoms with Crippen LogP contribution in [-0.4, -0.2) is 16.8 Å². The fraction of sp³-hybridized carbons (Fsp3) is 0.0833. The Morgan fingerprint density at radius 1 is 0.897 bits per heavy atom. The quantitative estimate of drug-likeness (QED) is 0.400. The number of nitrogens with zero attached hydrogens (tertiary/aromatic N) is 1. The standard InChI is InChI=1S/C24H18FNO3/c1-15-7-13-19(14-8-15)26-21(16-5-3-2-4-6-16)20(23(28)24(26)29)22(27)17-9-11-18(25)12-10-17/h2-14,21,27H,1H3/b22-20+. The van der Waals surface area contributed by atoms with Gasteiger partial charge in [-0.1, -0.05) is 48.0 Å². The molecule has 0 aromatic heterocycles. The molecule has 4 nitrogen and oxygen atoms in total. The second kappa shape index (κ2) is 7.36. The molecule has 1 amide bonds. The number of ketones is 1. The van der Waals surface area contributed by atoms with E-state index in [9.17, 15) is 19.1 Å². The van der Waals surface area contributed by atoms with Gasteiger partial charge >= 0.3 is 0 Å². The van der Waals surface area contributed by atoms with Gasteiger partial charge in [-0.3, -0.25) is 14.5 Å². The Kier molecular flexibility index (Phi) is 4.72. The van der Waals surface area contributed by atoms with Gasteiger partial charge in [0.25, 0.3) is 11.7 Å². The molecule has 4 rings (SSSR count). The van der Waals surface area contributed by atoms with Crippen molar-refractivity contribution in [2.45, 2.75) is 13.0 Å². The summed E-state index contributed by atoms with van der Waals surface area (Å²) < 4.78 is 13.3. The van der Waals surface area contributed by atoms with Gasteiger partial charge < -0.3 is 5.11 Å². The summed E-state index contributed by atoms with van der Waals surface area (Å²) in [5.74, 6) is -2.28. The van der Waals surface area contributed by atoms with Crippen molar-refractivity contribution in [3.8, 4) is 0 Å². The molecule has 3 aromatic rings. The van der Waals surface area contributed by atoms with Crippen LogP contribution in [0.4, 0.5) is 10.1 Å². The van der Waals surface area contributed by atoms with E-state index >= 15 is 0 Å². The molecule has 1 atom stereocenters. The number of hydrogen-bond donors (Lipinski definition) is 1. The lowest BCUT2D eigenvalue weighted by Gasteiger charge is -2.25. The molecule has 1 N–H and O–H groups in total. The first-order valence-corrected chi connectivity index (χ1v) is 9.16. The number of halogens is 1. The maximum absolute atomic E-state index is 13.3. The fourth-order valence-electron chi connectivity index (χ4n) is 3.52. The molecule has 5 heteroatoms. The van der Waals surface area contributed by atoms with Crippen LogP contribution in [0.2, 0.25) is 0 Å². The molecule has 0 saturated carbocycles. The summed E-state index contributed by atoms with van der Waals surface area (Å²) in [6.07, 6.45) is 0. The van der Waals surface area contributed by atoms with Crippen molar-refractivity contribution >= 4 is 23.1 Å². The van der Waals surface area contributed by atoms with Gasteiger partial charge in [0.2, 0.25) is 0 Å². The highest BCUT2D eigenvalue weighted by atomic mass is 19.1. The van der Waals surface area contributed by atoms with Crippen molar-refractivity contribution in [2.75, 3.05) is 4.90 Å². The molecule has 1 heterocycles. The average Bonchev–Trinajstić information content (AvgIpc) is 3.00. The largest absolute Gasteiger partial charge is 0.507 e. The van der Waals surface area contributed by atoms with Crippen molar-refractivity contribution in [3.05, 3.63) is 107 Å². The van der Waals surface area contributed by atoms with Gasteiger partial charge in [0, 0.05) is 11.3 Å². The third kappa shape index (κ3) is 3.31. The highest BCUT2D eigenvalue weighted by Gasteiger charge is 2.46. The summed E-state index contributed by atoms with van der Waals surface area (Å²) in [7, 11) is 0. The minimum Gasteiger partial charge on any atom is -0.507 e. The third-order valence-electron chi connectivity index (χ3n) is 4.99. The number of aliphatic hydroxyl groups excluding tert-OH is 1. The van der Waals surface area contributed by atoms with Crippen molar-refractivity contribution in [3.63, 3.8) is 0 Å². The zero-order chi connectivity index (χ0) is 20.5. The van der Waals surface area contributed by atoms with Crippen LogP contribution in [0.5, 0.6) is 0 Å². The number of aryl methyl sites for hydroxylation is 1. The number of benzene rings is 3. The van der Waals surface area contributed by atoms with E-state index in [2.05, 4.69) is 0 Å². The Morgan fingerprint density at radius 2 is 1.52 bits per heavy atom. The highest BCUT2D eigenvalue weighted by Crippen LogP contribution is 2.42. The smallest absolute Gasteiger partial charge is 0.300 e. The number of carbonyl (C=O) groups excluding carboxylic acids is 2. The first kappa shape index (κ1) is 18.6. The number of hydrogen-bond acceptors (Lipinski definition) is 3. The second-order valence-electron chi connectivity index (χ2n) is 6.92. The summed E-state index contributed by atoms with van der Waals surface area (Å²) in [5, 5.41) is 10.9. The lowest BCUT2D eigenvalue weighted by atomic mass is 9.95. The van der Waals surface area contributed by atoms with Crippen molar-refractivity contribution in [1.82, 2.24) is 0 Å². The van der Waals surface area contributed by atoms with E-state index in [0.717, 1.165) is 5.56 Å². The molecular weight excluding hydrogens is 369 g/mol. The zero-order valence-corrected chi connectivity index (χ0v) is 15.7. The summed E-state index contributed by atoms with van der Waals surface area (Å²) in [6.45, 7) is 1.93. The molecule has 1 aliphatic heterocycles. The van der Waals surface area contributed by atoms with Crippen LogP contribution >= 0.6 is 0 Å². The summed E-state index contributed by atoms with van der Waals surface area (Å²) in [4.78, 5) is 27.3. The lowest BCUT2D eigenvalue weighted by Crippen LogP contribution is -2.29.